The quantitative estimate of drug-likeness (QED) is 0.884. The molecule has 0 bridgehead atoms. The van der Waals surface area contributed by atoms with E-state index < -0.39 is 6.10 Å². The van der Waals surface area contributed by atoms with E-state index in [0.717, 1.165) is 5.56 Å². The normalized spacial score (nSPS) is 14.2. The number of aliphatic hydroxyl groups excluding tert-OH is 1. The summed E-state index contributed by atoms with van der Waals surface area (Å²) in [6.45, 7) is 0.291. The minimum Gasteiger partial charge on any atom is -0.384 e. The van der Waals surface area contributed by atoms with E-state index in [-0.39, 0.29) is 5.92 Å². The summed E-state index contributed by atoms with van der Waals surface area (Å²) >= 11 is 5.94. The van der Waals surface area contributed by atoms with E-state index in [9.17, 15) is 5.11 Å². The first kappa shape index (κ1) is 13.0. The standard InChI is InChI=1S/C13H14ClN3O/c14-10-4-1-3-9(7-10)11(8-15)12(18)13-16-5-2-6-17-13/h1-7,11-12,18H,8,15H2. The molecule has 0 saturated carbocycles. The van der Waals surface area contributed by atoms with Crippen molar-refractivity contribution in [2.24, 2.45) is 5.73 Å². The summed E-state index contributed by atoms with van der Waals surface area (Å²) in [5.74, 6) is 0.0963. The van der Waals surface area contributed by atoms with Crippen molar-refractivity contribution in [1.29, 1.82) is 0 Å². The van der Waals surface area contributed by atoms with Crippen molar-refractivity contribution in [2.75, 3.05) is 6.54 Å². The summed E-state index contributed by atoms with van der Waals surface area (Å²) in [7, 11) is 0. The molecule has 3 N–H and O–H groups in total. The van der Waals surface area contributed by atoms with Crippen LogP contribution in [0.2, 0.25) is 5.02 Å². The van der Waals surface area contributed by atoms with Gasteiger partial charge in [0.1, 0.15) is 6.10 Å². The van der Waals surface area contributed by atoms with E-state index in [2.05, 4.69) is 9.97 Å². The molecule has 0 radical (unpaired) electrons. The van der Waals surface area contributed by atoms with Gasteiger partial charge in [-0.3, -0.25) is 0 Å². The van der Waals surface area contributed by atoms with Crippen LogP contribution in [0.15, 0.2) is 42.7 Å². The summed E-state index contributed by atoms with van der Waals surface area (Å²) in [5, 5.41) is 10.9. The first-order valence-electron chi connectivity index (χ1n) is 5.63. The smallest absolute Gasteiger partial charge is 0.157 e. The van der Waals surface area contributed by atoms with Crippen molar-refractivity contribution in [2.45, 2.75) is 12.0 Å². The Hall–Kier alpha value is -1.49. The average Bonchev–Trinajstić information content (AvgIpc) is 2.40. The zero-order chi connectivity index (χ0) is 13.0. The Balaban J connectivity index is 2.29. The summed E-state index contributed by atoms with van der Waals surface area (Å²) in [5.41, 5.74) is 6.61. The number of aromatic nitrogens is 2. The Morgan fingerprint density at radius 1 is 1.22 bits per heavy atom. The maximum atomic E-state index is 10.3. The van der Waals surface area contributed by atoms with Crippen LogP contribution in [-0.4, -0.2) is 21.6 Å². The zero-order valence-electron chi connectivity index (χ0n) is 9.70. The fourth-order valence-corrected chi connectivity index (χ4v) is 2.03. The first-order valence-corrected chi connectivity index (χ1v) is 6.00. The molecule has 0 saturated heterocycles. The number of hydrogen-bond donors (Lipinski definition) is 2. The lowest BCUT2D eigenvalue weighted by atomic mass is 9.93. The van der Waals surface area contributed by atoms with Crippen LogP contribution in [0, 0.1) is 0 Å². The van der Waals surface area contributed by atoms with Gasteiger partial charge in [0.2, 0.25) is 0 Å². The Morgan fingerprint density at radius 2 is 1.94 bits per heavy atom. The molecule has 2 atom stereocenters. The van der Waals surface area contributed by atoms with Crippen LogP contribution in [0.1, 0.15) is 23.4 Å². The van der Waals surface area contributed by atoms with Gasteiger partial charge < -0.3 is 10.8 Å². The third kappa shape index (κ3) is 2.85. The topological polar surface area (TPSA) is 72.0 Å². The molecule has 1 heterocycles. The maximum absolute atomic E-state index is 10.3. The molecule has 94 valence electrons. The van der Waals surface area contributed by atoms with Gasteiger partial charge in [-0.05, 0) is 23.8 Å². The van der Waals surface area contributed by atoms with E-state index in [0.29, 0.717) is 17.4 Å². The molecule has 0 aliphatic heterocycles. The molecule has 2 unspecified atom stereocenters. The summed E-state index contributed by atoms with van der Waals surface area (Å²) in [4.78, 5) is 8.09. The minimum absolute atomic E-state index is 0.272. The third-order valence-electron chi connectivity index (χ3n) is 2.76. The van der Waals surface area contributed by atoms with E-state index in [1.54, 1.807) is 30.6 Å². The third-order valence-corrected chi connectivity index (χ3v) is 3.00. The number of aliphatic hydroxyl groups is 1. The van der Waals surface area contributed by atoms with Crippen LogP contribution in [0.4, 0.5) is 0 Å². The van der Waals surface area contributed by atoms with Gasteiger partial charge in [0.15, 0.2) is 5.82 Å². The van der Waals surface area contributed by atoms with E-state index in [1.165, 1.54) is 0 Å². The highest BCUT2D eigenvalue weighted by Gasteiger charge is 2.23. The number of rotatable bonds is 4. The van der Waals surface area contributed by atoms with Crippen LogP contribution in [0.5, 0.6) is 0 Å². The number of hydrogen-bond acceptors (Lipinski definition) is 4. The fourth-order valence-electron chi connectivity index (χ4n) is 1.83. The molecule has 5 heteroatoms. The number of halogens is 1. The molecule has 1 aromatic heterocycles. The monoisotopic (exact) mass is 263 g/mol. The van der Waals surface area contributed by atoms with Gasteiger partial charge in [-0.15, -0.1) is 0 Å². The molecule has 0 aliphatic rings. The predicted molar refractivity (Wildman–Crippen MR) is 70.2 cm³/mol. The Bertz CT molecular complexity index is 507. The lowest BCUT2D eigenvalue weighted by Gasteiger charge is -2.20. The largest absolute Gasteiger partial charge is 0.384 e. The van der Waals surface area contributed by atoms with Gasteiger partial charge >= 0.3 is 0 Å². The molecule has 0 aliphatic carbocycles. The van der Waals surface area contributed by atoms with Gasteiger partial charge in [-0.1, -0.05) is 23.7 Å². The highest BCUT2D eigenvalue weighted by Crippen LogP contribution is 2.29. The SMILES string of the molecule is NCC(c1cccc(Cl)c1)C(O)c1ncccn1. The molecule has 0 spiro atoms. The van der Waals surface area contributed by atoms with Crippen LogP contribution < -0.4 is 5.73 Å². The van der Waals surface area contributed by atoms with E-state index in [1.807, 2.05) is 12.1 Å². The fraction of sp³-hybridized carbons (Fsp3) is 0.231. The second kappa shape index (κ2) is 5.91. The second-order valence-corrected chi connectivity index (χ2v) is 4.39. The molecular formula is C13H14ClN3O. The predicted octanol–water partition coefficient (Wildman–Crippen LogP) is 1.91. The lowest BCUT2D eigenvalue weighted by Crippen LogP contribution is -2.21. The van der Waals surface area contributed by atoms with Crippen molar-refractivity contribution in [3.63, 3.8) is 0 Å². The molecule has 2 aromatic rings. The lowest BCUT2D eigenvalue weighted by molar-refractivity contribution is 0.138. The molecule has 4 nitrogen and oxygen atoms in total. The van der Waals surface area contributed by atoms with E-state index >= 15 is 0 Å². The van der Waals surface area contributed by atoms with Crippen LogP contribution in [0.25, 0.3) is 0 Å². The molecular weight excluding hydrogens is 250 g/mol. The average molecular weight is 264 g/mol. The highest BCUT2D eigenvalue weighted by atomic mass is 35.5. The highest BCUT2D eigenvalue weighted by molar-refractivity contribution is 6.30. The van der Waals surface area contributed by atoms with Crippen molar-refractivity contribution >= 4 is 11.6 Å². The zero-order valence-corrected chi connectivity index (χ0v) is 10.5. The van der Waals surface area contributed by atoms with Crippen molar-refractivity contribution in [3.8, 4) is 0 Å². The van der Waals surface area contributed by atoms with Crippen LogP contribution >= 0.6 is 11.6 Å². The molecule has 0 amide bonds. The van der Waals surface area contributed by atoms with Gasteiger partial charge in [-0.2, -0.15) is 0 Å². The molecule has 18 heavy (non-hydrogen) atoms. The number of nitrogens with zero attached hydrogens (tertiary/aromatic N) is 2. The maximum Gasteiger partial charge on any atom is 0.157 e. The number of benzene rings is 1. The number of nitrogens with two attached hydrogens (primary N) is 1. The van der Waals surface area contributed by atoms with Gasteiger partial charge in [0.25, 0.3) is 0 Å². The second-order valence-electron chi connectivity index (χ2n) is 3.95. The summed E-state index contributed by atoms with van der Waals surface area (Å²) < 4.78 is 0. The van der Waals surface area contributed by atoms with Crippen molar-refractivity contribution in [1.82, 2.24) is 9.97 Å². The van der Waals surface area contributed by atoms with Gasteiger partial charge in [0, 0.05) is 29.9 Å². The molecule has 2 rings (SSSR count). The summed E-state index contributed by atoms with van der Waals surface area (Å²) in [6.07, 6.45) is 2.35. The van der Waals surface area contributed by atoms with Gasteiger partial charge in [0.05, 0.1) is 0 Å². The molecule has 1 aromatic carbocycles. The Labute approximate surface area is 110 Å². The minimum atomic E-state index is -0.838. The molecule has 0 fully saturated rings. The Kier molecular flexibility index (Phi) is 4.25. The van der Waals surface area contributed by atoms with Crippen molar-refractivity contribution in [3.05, 3.63) is 59.1 Å². The van der Waals surface area contributed by atoms with Crippen LogP contribution in [-0.2, 0) is 0 Å². The van der Waals surface area contributed by atoms with Gasteiger partial charge in [-0.25, -0.2) is 9.97 Å². The van der Waals surface area contributed by atoms with Crippen molar-refractivity contribution < 1.29 is 5.11 Å². The first-order chi connectivity index (χ1) is 8.72. The summed E-state index contributed by atoms with van der Waals surface area (Å²) in [6, 6.07) is 9.00. The Morgan fingerprint density at radius 3 is 2.56 bits per heavy atom. The van der Waals surface area contributed by atoms with E-state index in [4.69, 9.17) is 17.3 Å². The van der Waals surface area contributed by atoms with Crippen LogP contribution in [0.3, 0.4) is 0 Å².